The highest BCUT2D eigenvalue weighted by molar-refractivity contribution is 6.02. The van der Waals surface area contributed by atoms with E-state index in [1.165, 1.54) is 12.5 Å². The van der Waals surface area contributed by atoms with Crippen LogP contribution in [0.15, 0.2) is 43.4 Å². The lowest BCUT2D eigenvalue weighted by Gasteiger charge is -2.29. The van der Waals surface area contributed by atoms with Gasteiger partial charge in [0.25, 0.3) is 0 Å². The van der Waals surface area contributed by atoms with Crippen LogP contribution >= 0.6 is 0 Å². The predicted octanol–water partition coefficient (Wildman–Crippen LogP) is 3.05. The summed E-state index contributed by atoms with van der Waals surface area (Å²) in [5, 5.41) is 10.7. The molecular weight excluding hydrogens is 482 g/mol. The molecule has 0 unspecified atom stereocenters. The van der Waals surface area contributed by atoms with Crippen molar-refractivity contribution in [2.45, 2.75) is 19.9 Å². The second-order valence-corrected chi connectivity index (χ2v) is 9.74. The quantitative estimate of drug-likeness (QED) is 0.350. The fourth-order valence-electron chi connectivity index (χ4n) is 4.11. The molecule has 1 fully saturated rings. The van der Waals surface area contributed by atoms with Gasteiger partial charge in [-0.15, -0.1) is 0 Å². The normalized spacial score (nSPS) is 13.2. The number of benzene rings is 1. The van der Waals surface area contributed by atoms with Crippen molar-refractivity contribution in [3.8, 4) is 11.6 Å². The van der Waals surface area contributed by atoms with Gasteiger partial charge in [0.05, 0.1) is 30.4 Å². The number of ether oxygens (including phenoxy) is 1. The van der Waals surface area contributed by atoms with Gasteiger partial charge < -0.3 is 25.2 Å². The predicted molar refractivity (Wildman–Crippen MR) is 151 cm³/mol. The summed E-state index contributed by atoms with van der Waals surface area (Å²) in [5.41, 5.74) is 4.11. The Kier molecular flexibility index (Phi) is 8.59. The number of rotatable bonds is 12. The van der Waals surface area contributed by atoms with Crippen molar-refractivity contribution in [2.75, 3.05) is 70.0 Å². The summed E-state index contributed by atoms with van der Waals surface area (Å²) in [6.45, 7) is 10.3. The summed E-state index contributed by atoms with van der Waals surface area (Å²) in [7, 11) is 7.63. The van der Waals surface area contributed by atoms with E-state index < -0.39 is 0 Å². The second-order valence-electron chi connectivity index (χ2n) is 9.74. The van der Waals surface area contributed by atoms with Gasteiger partial charge in [-0.3, -0.25) is 9.69 Å². The van der Waals surface area contributed by atoms with Gasteiger partial charge in [-0.25, -0.2) is 9.67 Å². The van der Waals surface area contributed by atoms with Gasteiger partial charge in [0, 0.05) is 56.3 Å². The van der Waals surface area contributed by atoms with Crippen LogP contribution in [0.1, 0.15) is 17.5 Å². The molecule has 2 N–H and O–H groups in total. The highest BCUT2D eigenvalue weighted by Crippen LogP contribution is 2.38. The minimum atomic E-state index is -0.301. The van der Waals surface area contributed by atoms with Gasteiger partial charge in [-0.2, -0.15) is 10.1 Å². The van der Waals surface area contributed by atoms with E-state index in [-0.39, 0.29) is 5.91 Å². The third-order valence-electron chi connectivity index (χ3n) is 6.45. The molecule has 0 radical (unpaired) electrons. The van der Waals surface area contributed by atoms with Crippen LogP contribution in [0, 0.1) is 6.92 Å². The molecule has 1 amide bonds. The van der Waals surface area contributed by atoms with Gasteiger partial charge in [0.2, 0.25) is 11.9 Å². The maximum Gasteiger partial charge on any atom is 0.247 e. The number of aromatic nitrogens is 4. The summed E-state index contributed by atoms with van der Waals surface area (Å²) in [4.78, 5) is 28.0. The second kappa shape index (κ2) is 12.1. The zero-order valence-corrected chi connectivity index (χ0v) is 22.9. The molecule has 11 nitrogen and oxygen atoms in total. The Hall–Kier alpha value is -3.96. The van der Waals surface area contributed by atoms with Gasteiger partial charge >= 0.3 is 0 Å². The molecule has 11 heteroatoms. The largest absolute Gasteiger partial charge is 0.494 e. The number of methoxy groups -OCH3 is 1. The average Bonchev–Trinajstić information content (AvgIpc) is 3.34. The number of nitrogens with zero attached hydrogens (tertiary/aromatic N) is 7. The monoisotopic (exact) mass is 519 g/mol. The summed E-state index contributed by atoms with van der Waals surface area (Å²) in [5.74, 6) is 1.37. The first-order chi connectivity index (χ1) is 18.3. The number of amides is 1. The molecule has 0 bridgehead atoms. The van der Waals surface area contributed by atoms with E-state index in [0.717, 1.165) is 49.5 Å². The first kappa shape index (κ1) is 27.1. The first-order valence-electron chi connectivity index (χ1n) is 12.7. The van der Waals surface area contributed by atoms with Crippen LogP contribution in [0.25, 0.3) is 5.82 Å². The lowest BCUT2D eigenvalue weighted by Crippen LogP contribution is -2.36. The zero-order valence-electron chi connectivity index (χ0n) is 22.9. The molecule has 0 saturated carbocycles. The van der Waals surface area contributed by atoms with E-state index in [1.807, 2.05) is 52.6 Å². The first-order valence-corrected chi connectivity index (χ1v) is 12.7. The van der Waals surface area contributed by atoms with Crippen molar-refractivity contribution in [1.82, 2.24) is 29.5 Å². The summed E-state index contributed by atoms with van der Waals surface area (Å²) >= 11 is 0. The summed E-state index contributed by atoms with van der Waals surface area (Å²) in [6, 6.07) is 3.71. The van der Waals surface area contributed by atoms with E-state index in [1.54, 1.807) is 18.0 Å². The van der Waals surface area contributed by atoms with Crippen molar-refractivity contribution in [3.63, 3.8) is 0 Å². The maximum absolute atomic E-state index is 12.2. The molecule has 1 aliphatic rings. The van der Waals surface area contributed by atoms with E-state index in [2.05, 4.69) is 42.0 Å². The minimum Gasteiger partial charge on any atom is -0.494 e. The summed E-state index contributed by atoms with van der Waals surface area (Å²) in [6.07, 6.45) is 8.16. The number of aryl methyl sites for hydroxylation is 1. The number of likely N-dealkylation sites (N-methyl/N-ethyl adjacent to an activating group) is 2. The number of hydrogen-bond donors (Lipinski definition) is 2. The number of carbonyl (C=O) groups excluding carboxylic acids is 1. The molecule has 2 aromatic heterocycles. The van der Waals surface area contributed by atoms with Crippen molar-refractivity contribution in [2.24, 2.45) is 0 Å². The molecule has 1 saturated heterocycles. The fourth-order valence-corrected chi connectivity index (χ4v) is 4.11. The molecule has 202 valence electrons. The van der Waals surface area contributed by atoms with Crippen molar-refractivity contribution in [1.29, 1.82) is 0 Å². The van der Waals surface area contributed by atoms with Gasteiger partial charge in [-0.1, -0.05) is 6.58 Å². The van der Waals surface area contributed by atoms with Crippen LogP contribution in [-0.4, -0.2) is 89.9 Å². The molecule has 4 rings (SSSR count). The average molecular weight is 520 g/mol. The highest BCUT2D eigenvalue weighted by atomic mass is 16.5. The number of hydrogen-bond acceptors (Lipinski definition) is 9. The molecule has 0 atom stereocenters. The standard InChI is InChI=1S/C27H37N9O2/c1-7-25(37)30-21-13-22(24(38-6)14-23(21)34(5)12-11-33(3)4)31-27-28-15-19(2)26(32-27)36-18-20(16-29-36)17-35-9-8-10-35/h7,13-16,18H,1,8-12,17H2,2-6H3,(H,30,37)(H,28,31,32). The molecule has 1 aliphatic heterocycles. The Balaban J connectivity index is 1.63. The van der Waals surface area contributed by atoms with Crippen molar-refractivity contribution < 1.29 is 9.53 Å². The zero-order chi connectivity index (χ0) is 27.2. The van der Waals surface area contributed by atoms with Crippen molar-refractivity contribution >= 4 is 28.9 Å². The van der Waals surface area contributed by atoms with Gasteiger partial charge in [0.15, 0.2) is 5.82 Å². The molecule has 0 spiro atoms. The number of anilines is 4. The number of likely N-dealkylation sites (tertiary alicyclic amines) is 1. The number of carbonyl (C=O) groups is 1. The molecular formula is C27H37N9O2. The highest BCUT2D eigenvalue weighted by Gasteiger charge is 2.18. The van der Waals surface area contributed by atoms with E-state index in [0.29, 0.717) is 28.9 Å². The fraction of sp³-hybridized carbons (Fsp3) is 0.407. The lowest BCUT2D eigenvalue weighted by molar-refractivity contribution is -0.111. The van der Waals surface area contributed by atoms with Crippen LogP contribution in [-0.2, 0) is 11.3 Å². The van der Waals surface area contributed by atoms with Gasteiger partial charge in [-0.05, 0) is 52.7 Å². The Bertz CT molecular complexity index is 1280. The van der Waals surface area contributed by atoms with E-state index in [9.17, 15) is 4.79 Å². The third-order valence-corrected chi connectivity index (χ3v) is 6.45. The molecule has 3 heterocycles. The maximum atomic E-state index is 12.2. The molecule has 0 aliphatic carbocycles. The van der Waals surface area contributed by atoms with Crippen LogP contribution in [0.2, 0.25) is 0 Å². The molecule has 38 heavy (non-hydrogen) atoms. The molecule has 1 aromatic carbocycles. The minimum absolute atomic E-state index is 0.301. The Morgan fingerprint density at radius 3 is 2.63 bits per heavy atom. The Labute approximate surface area is 224 Å². The Morgan fingerprint density at radius 1 is 1.18 bits per heavy atom. The van der Waals surface area contributed by atoms with E-state index >= 15 is 0 Å². The summed E-state index contributed by atoms with van der Waals surface area (Å²) < 4.78 is 7.49. The smallest absolute Gasteiger partial charge is 0.247 e. The van der Waals surface area contributed by atoms with Crippen molar-refractivity contribution in [3.05, 3.63) is 54.5 Å². The van der Waals surface area contributed by atoms with Gasteiger partial charge in [0.1, 0.15) is 5.75 Å². The number of nitrogens with one attached hydrogen (secondary N) is 2. The van der Waals surface area contributed by atoms with E-state index in [4.69, 9.17) is 9.72 Å². The molecule has 3 aromatic rings. The Morgan fingerprint density at radius 2 is 1.97 bits per heavy atom. The van der Waals surface area contributed by atoms with Crippen LogP contribution in [0.5, 0.6) is 5.75 Å². The van der Waals surface area contributed by atoms with Crippen LogP contribution in [0.4, 0.5) is 23.0 Å². The SMILES string of the molecule is C=CC(=O)Nc1cc(Nc2ncc(C)c(-n3cc(CN4CCC4)cn3)n2)c(OC)cc1N(C)CCN(C)C. The van der Waals surface area contributed by atoms with Crippen LogP contribution < -0.4 is 20.3 Å². The lowest BCUT2D eigenvalue weighted by atomic mass is 10.2. The third kappa shape index (κ3) is 6.48. The topological polar surface area (TPSA) is 104 Å². The van der Waals surface area contributed by atoms with Crippen LogP contribution in [0.3, 0.4) is 0 Å².